The highest BCUT2D eigenvalue weighted by molar-refractivity contribution is 5.97. The van der Waals surface area contributed by atoms with Crippen LogP contribution in [0.5, 0.6) is 0 Å². The second-order valence-corrected chi connectivity index (χ2v) is 8.78. The fourth-order valence-electron chi connectivity index (χ4n) is 4.07. The van der Waals surface area contributed by atoms with Gasteiger partial charge in [0.1, 0.15) is 6.04 Å². The SMILES string of the molecule is CCc1ccc(C(=O)NC(C(=O)N2CCN(c3cccc(C)c3C)CC2)C(C)C)cc1. The van der Waals surface area contributed by atoms with Crippen molar-refractivity contribution in [1.82, 2.24) is 10.2 Å². The first-order valence-electron chi connectivity index (χ1n) is 11.3. The van der Waals surface area contributed by atoms with Crippen molar-refractivity contribution in [2.45, 2.75) is 47.1 Å². The van der Waals surface area contributed by atoms with Crippen LogP contribution in [0.4, 0.5) is 5.69 Å². The Morgan fingerprint density at radius 2 is 1.61 bits per heavy atom. The Morgan fingerprint density at radius 1 is 0.968 bits per heavy atom. The van der Waals surface area contributed by atoms with Gasteiger partial charge in [-0.1, -0.05) is 45.0 Å². The third-order valence-electron chi connectivity index (χ3n) is 6.35. The van der Waals surface area contributed by atoms with Crippen molar-refractivity contribution in [3.8, 4) is 0 Å². The van der Waals surface area contributed by atoms with Crippen LogP contribution in [0.15, 0.2) is 42.5 Å². The zero-order chi connectivity index (χ0) is 22.5. The molecule has 166 valence electrons. The van der Waals surface area contributed by atoms with E-state index in [-0.39, 0.29) is 17.7 Å². The molecule has 1 heterocycles. The van der Waals surface area contributed by atoms with Gasteiger partial charge in [-0.15, -0.1) is 0 Å². The summed E-state index contributed by atoms with van der Waals surface area (Å²) in [5, 5.41) is 2.98. The normalized spacial score (nSPS) is 15.2. The van der Waals surface area contributed by atoms with Crippen LogP contribution in [0.25, 0.3) is 0 Å². The van der Waals surface area contributed by atoms with E-state index in [4.69, 9.17) is 0 Å². The molecule has 2 aromatic carbocycles. The number of nitrogens with zero attached hydrogens (tertiary/aromatic N) is 2. The zero-order valence-corrected chi connectivity index (χ0v) is 19.4. The highest BCUT2D eigenvalue weighted by Crippen LogP contribution is 2.24. The zero-order valence-electron chi connectivity index (χ0n) is 19.4. The molecule has 2 amide bonds. The lowest BCUT2D eigenvalue weighted by molar-refractivity contribution is -0.134. The number of carbonyl (C=O) groups is 2. The number of nitrogens with one attached hydrogen (secondary N) is 1. The largest absolute Gasteiger partial charge is 0.368 e. The molecule has 1 aliphatic rings. The summed E-state index contributed by atoms with van der Waals surface area (Å²) in [5.74, 6) is -0.165. The summed E-state index contributed by atoms with van der Waals surface area (Å²) in [5.41, 5.74) is 5.61. The van der Waals surface area contributed by atoms with Crippen molar-refractivity contribution in [1.29, 1.82) is 0 Å². The summed E-state index contributed by atoms with van der Waals surface area (Å²) in [4.78, 5) is 30.3. The summed E-state index contributed by atoms with van der Waals surface area (Å²) in [6, 6.07) is 13.4. The van der Waals surface area contributed by atoms with Crippen molar-refractivity contribution in [3.63, 3.8) is 0 Å². The number of carbonyl (C=O) groups excluding carboxylic acids is 2. The minimum atomic E-state index is -0.523. The molecule has 3 rings (SSSR count). The maximum Gasteiger partial charge on any atom is 0.251 e. The third kappa shape index (κ3) is 5.27. The second kappa shape index (κ2) is 9.99. The Hall–Kier alpha value is -2.82. The fraction of sp³-hybridized carbons (Fsp3) is 0.462. The topological polar surface area (TPSA) is 52.7 Å². The van der Waals surface area contributed by atoms with Crippen LogP contribution in [0.3, 0.4) is 0 Å². The lowest BCUT2D eigenvalue weighted by atomic mass is 10.0. The van der Waals surface area contributed by atoms with E-state index in [1.54, 1.807) is 0 Å². The van der Waals surface area contributed by atoms with Gasteiger partial charge in [-0.25, -0.2) is 0 Å². The molecule has 31 heavy (non-hydrogen) atoms. The van der Waals surface area contributed by atoms with Gasteiger partial charge in [0.05, 0.1) is 0 Å². The molecule has 0 bridgehead atoms. The second-order valence-electron chi connectivity index (χ2n) is 8.78. The molecule has 0 aliphatic carbocycles. The van der Waals surface area contributed by atoms with E-state index in [0.717, 1.165) is 19.5 Å². The van der Waals surface area contributed by atoms with E-state index in [1.165, 1.54) is 22.4 Å². The molecule has 1 atom stereocenters. The Balaban J connectivity index is 1.64. The van der Waals surface area contributed by atoms with Crippen molar-refractivity contribution < 1.29 is 9.59 Å². The molecular weight excluding hydrogens is 386 g/mol. The number of amides is 2. The van der Waals surface area contributed by atoms with Crippen molar-refractivity contribution in [2.24, 2.45) is 5.92 Å². The van der Waals surface area contributed by atoms with E-state index >= 15 is 0 Å². The van der Waals surface area contributed by atoms with E-state index < -0.39 is 6.04 Å². The first-order valence-corrected chi connectivity index (χ1v) is 11.3. The molecular formula is C26H35N3O2. The quantitative estimate of drug-likeness (QED) is 0.768. The molecule has 0 radical (unpaired) electrons. The van der Waals surface area contributed by atoms with Gasteiger partial charge in [0.2, 0.25) is 5.91 Å². The van der Waals surface area contributed by atoms with Gasteiger partial charge in [0.15, 0.2) is 0 Å². The highest BCUT2D eigenvalue weighted by atomic mass is 16.2. The van der Waals surface area contributed by atoms with Crippen LogP contribution in [-0.2, 0) is 11.2 Å². The van der Waals surface area contributed by atoms with Crippen LogP contribution in [0.1, 0.15) is 47.8 Å². The number of aryl methyl sites for hydroxylation is 2. The van der Waals surface area contributed by atoms with Crippen LogP contribution in [-0.4, -0.2) is 48.9 Å². The van der Waals surface area contributed by atoms with Gasteiger partial charge in [-0.05, 0) is 61.1 Å². The van der Waals surface area contributed by atoms with E-state index in [0.29, 0.717) is 18.7 Å². The van der Waals surface area contributed by atoms with E-state index in [2.05, 4.69) is 49.2 Å². The molecule has 0 saturated carbocycles. The summed E-state index contributed by atoms with van der Waals surface area (Å²) in [6.07, 6.45) is 0.934. The summed E-state index contributed by atoms with van der Waals surface area (Å²) < 4.78 is 0. The monoisotopic (exact) mass is 421 g/mol. The van der Waals surface area contributed by atoms with E-state index in [1.807, 2.05) is 43.0 Å². The number of piperazine rings is 1. The molecule has 5 heteroatoms. The minimum absolute atomic E-state index is 0.00847. The number of hydrogen-bond acceptors (Lipinski definition) is 3. The van der Waals surface area contributed by atoms with Crippen LogP contribution in [0.2, 0.25) is 0 Å². The third-order valence-corrected chi connectivity index (χ3v) is 6.35. The molecule has 1 N–H and O–H groups in total. The fourth-order valence-corrected chi connectivity index (χ4v) is 4.07. The number of benzene rings is 2. The molecule has 0 aromatic heterocycles. The first-order chi connectivity index (χ1) is 14.8. The van der Waals surface area contributed by atoms with Crippen molar-refractivity contribution in [2.75, 3.05) is 31.1 Å². The molecule has 2 aromatic rings. The molecule has 5 nitrogen and oxygen atoms in total. The average molecular weight is 422 g/mol. The predicted octanol–water partition coefficient (Wildman–Crippen LogP) is 3.97. The number of hydrogen-bond donors (Lipinski definition) is 1. The van der Waals surface area contributed by atoms with Gasteiger partial charge >= 0.3 is 0 Å². The number of rotatable bonds is 6. The first kappa shape index (κ1) is 22.9. The van der Waals surface area contributed by atoms with Crippen molar-refractivity contribution >= 4 is 17.5 Å². The summed E-state index contributed by atoms with van der Waals surface area (Å²) >= 11 is 0. The van der Waals surface area contributed by atoms with Gasteiger partial charge in [-0.3, -0.25) is 9.59 Å². The summed E-state index contributed by atoms with van der Waals surface area (Å²) in [6.45, 7) is 13.3. The van der Waals surface area contributed by atoms with Gasteiger partial charge in [0, 0.05) is 37.4 Å². The van der Waals surface area contributed by atoms with Crippen LogP contribution in [0, 0.1) is 19.8 Å². The highest BCUT2D eigenvalue weighted by Gasteiger charge is 2.31. The Kier molecular flexibility index (Phi) is 7.37. The van der Waals surface area contributed by atoms with Gasteiger partial charge in [0.25, 0.3) is 5.91 Å². The maximum absolute atomic E-state index is 13.3. The van der Waals surface area contributed by atoms with Crippen molar-refractivity contribution in [3.05, 3.63) is 64.7 Å². The Morgan fingerprint density at radius 3 is 2.19 bits per heavy atom. The molecule has 1 aliphatic heterocycles. The lowest BCUT2D eigenvalue weighted by Gasteiger charge is -2.39. The van der Waals surface area contributed by atoms with Gasteiger partial charge < -0.3 is 15.1 Å². The molecule has 1 unspecified atom stereocenters. The van der Waals surface area contributed by atoms with E-state index in [9.17, 15) is 9.59 Å². The van der Waals surface area contributed by atoms with Crippen LogP contribution < -0.4 is 10.2 Å². The lowest BCUT2D eigenvalue weighted by Crippen LogP contribution is -2.56. The number of anilines is 1. The average Bonchev–Trinajstić information content (AvgIpc) is 2.78. The Bertz CT molecular complexity index is 913. The maximum atomic E-state index is 13.3. The van der Waals surface area contributed by atoms with Gasteiger partial charge in [-0.2, -0.15) is 0 Å². The Labute approximate surface area is 186 Å². The molecule has 1 fully saturated rings. The molecule has 0 spiro atoms. The standard InChI is InChI=1S/C26H35N3O2/c1-6-21-10-12-22(13-11-21)25(30)27-24(18(2)3)26(31)29-16-14-28(15-17-29)23-9-7-8-19(4)20(23)5/h7-13,18,24H,6,14-17H2,1-5H3,(H,27,30). The minimum Gasteiger partial charge on any atom is -0.368 e. The smallest absolute Gasteiger partial charge is 0.251 e. The summed E-state index contributed by atoms with van der Waals surface area (Å²) in [7, 11) is 0. The molecule has 1 saturated heterocycles. The predicted molar refractivity (Wildman–Crippen MR) is 127 cm³/mol. The van der Waals surface area contributed by atoms with Crippen LogP contribution >= 0.6 is 0 Å².